The highest BCUT2D eigenvalue weighted by atomic mass is 19.1. The molecular formula is C16H12FN3O2. The van der Waals surface area contributed by atoms with Crippen LogP contribution >= 0.6 is 0 Å². The third kappa shape index (κ3) is 3.52. The molecule has 0 radical (unpaired) electrons. The molecule has 5 nitrogen and oxygen atoms in total. The van der Waals surface area contributed by atoms with Crippen LogP contribution in [0.3, 0.4) is 0 Å². The first-order valence-corrected chi connectivity index (χ1v) is 6.44. The Morgan fingerprint density at radius 3 is 2.55 bits per heavy atom. The van der Waals surface area contributed by atoms with Crippen LogP contribution < -0.4 is 5.32 Å². The zero-order chi connectivity index (χ0) is 16.1. The van der Waals surface area contributed by atoms with Gasteiger partial charge in [0.25, 0.3) is 0 Å². The summed E-state index contributed by atoms with van der Waals surface area (Å²) in [5.74, 6) is -2.01. The van der Waals surface area contributed by atoms with Gasteiger partial charge in [-0.25, -0.2) is 9.37 Å². The molecule has 1 heterocycles. The van der Waals surface area contributed by atoms with E-state index in [0.29, 0.717) is 5.56 Å². The molecule has 2 rings (SSSR count). The highest BCUT2D eigenvalue weighted by Gasteiger charge is 2.22. The van der Waals surface area contributed by atoms with Crippen LogP contribution in [0.2, 0.25) is 0 Å². The smallest absolute Gasteiger partial charge is 0.222 e. The summed E-state index contributed by atoms with van der Waals surface area (Å²) in [4.78, 5) is 27.4. The van der Waals surface area contributed by atoms with E-state index in [0.717, 1.165) is 0 Å². The molecular weight excluding hydrogens is 285 g/mol. The first-order chi connectivity index (χ1) is 10.5. The molecule has 2 aromatic rings. The van der Waals surface area contributed by atoms with Gasteiger partial charge in [0, 0.05) is 18.7 Å². The van der Waals surface area contributed by atoms with Crippen LogP contribution in [0, 0.1) is 17.1 Å². The van der Waals surface area contributed by atoms with Crippen molar-refractivity contribution in [1.82, 2.24) is 4.98 Å². The largest absolute Gasteiger partial charge is 0.311 e. The van der Waals surface area contributed by atoms with Gasteiger partial charge in [-0.15, -0.1) is 0 Å². The van der Waals surface area contributed by atoms with Gasteiger partial charge in [0.2, 0.25) is 5.91 Å². The zero-order valence-corrected chi connectivity index (χ0v) is 11.7. The van der Waals surface area contributed by atoms with Crippen molar-refractivity contribution in [3.05, 3.63) is 59.5 Å². The Kier molecular flexibility index (Phi) is 4.59. The number of hydrogen-bond acceptors (Lipinski definition) is 4. The molecule has 0 aliphatic heterocycles. The molecule has 6 heteroatoms. The summed E-state index contributed by atoms with van der Waals surface area (Å²) in [6, 6.07) is 9.97. The molecule has 1 aromatic carbocycles. The molecule has 0 spiro atoms. The van der Waals surface area contributed by atoms with Crippen LogP contribution in [0.5, 0.6) is 0 Å². The number of nitrogens with one attached hydrogen (secondary N) is 1. The fourth-order valence-electron chi connectivity index (χ4n) is 1.94. The normalized spacial score (nSPS) is 11.3. The number of carbonyl (C=O) groups excluding carboxylic acids is 2. The van der Waals surface area contributed by atoms with Crippen molar-refractivity contribution in [2.24, 2.45) is 0 Å². The number of ketones is 1. The number of aromatic nitrogens is 1. The molecule has 0 bridgehead atoms. The highest BCUT2D eigenvalue weighted by molar-refractivity contribution is 6.03. The van der Waals surface area contributed by atoms with E-state index in [4.69, 9.17) is 0 Å². The summed E-state index contributed by atoms with van der Waals surface area (Å²) in [6.07, 6.45) is 1.37. The van der Waals surface area contributed by atoms with Gasteiger partial charge in [0.1, 0.15) is 17.6 Å². The van der Waals surface area contributed by atoms with Crippen LogP contribution in [0.1, 0.15) is 28.8 Å². The summed E-state index contributed by atoms with van der Waals surface area (Å²) >= 11 is 0. The Hall–Kier alpha value is -3.07. The van der Waals surface area contributed by atoms with Gasteiger partial charge in [0.15, 0.2) is 5.78 Å². The minimum Gasteiger partial charge on any atom is -0.311 e. The van der Waals surface area contributed by atoms with Gasteiger partial charge in [-0.05, 0) is 29.8 Å². The molecule has 0 saturated carbocycles. The zero-order valence-electron chi connectivity index (χ0n) is 11.7. The first-order valence-electron chi connectivity index (χ1n) is 6.44. The molecule has 1 aromatic heterocycles. The molecule has 110 valence electrons. The number of pyridine rings is 1. The number of benzene rings is 1. The van der Waals surface area contributed by atoms with E-state index in [1.165, 1.54) is 49.5 Å². The van der Waals surface area contributed by atoms with Gasteiger partial charge in [0.05, 0.1) is 6.07 Å². The van der Waals surface area contributed by atoms with Crippen LogP contribution in [-0.2, 0) is 4.79 Å². The number of anilines is 1. The topological polar surface area (TPSA) is 82.9 Å². The highest BCUT2D eigenvalue weighted by Crippen LogP contribution is 2.21. The summed E-state index contributed by atoms with van der Waals surface area (Å²) in [6.45, 7) is 1.33. The fraction of sp³-hybridized carbons (Fsp3) is 0.125. The molecule has 1 N–H and O–H groups in total. The van der Waals surface area contributed by atoms with Crippen LogP contribution in [0.25, 0.3) is 0 Å². The van der Waals surface area contributed by atoms with E-state index in [-0.39, 0.29) is 17.3 Å². The second kappa shape index (κ2) is 6.59. The van der Waals surface area contributed by atoms with Gasteiger partial charge in [-0.1, -0.05) is 12.1 Å². The minimum absolute atomic E-state index is 0.231. The second-order valence-corrected chi connectivity index (χ2v) is 4.59. The van der Waals surface area contributed by atoms with E-state index in [2.05, 4.69) is 10.3 Å². The van der Waals surface area contributed by atoms with Crippen molar-refractivity contribution in [1.29, 1.82) is 5.26 Å². The van der Waals surface area contributed by atoms with Crippen LogP contribution in [0.4, 0.5) is 10.2 Å². The van der Waals surface area contributed by atoms with Gasteiger partial charge < -0.3 is 5.32 Å². The maximum atomic E-state index is 12.9. The minimum atomic E-state index is -1.05. The molecule has 0 fully saturated rings. The van der Waals surface area contributed by atoms with Crippen molar-refractivity contribution in [3.8, 4) is 6.07 Å². The van der Waals surface area contributed by atoms with E-state index >= 15 is 0 Å². The molecule has 0 aliphatic carbocycles. The third-order valence-electron chi connectivity index (χ3n) is 2.94. The fourth-order valence-corrected chi connectivity index (χ4v) is 1.94. The van der Waals surface area contributed by atoms with Crippen molar-refractivity contribution in [2.75, 3.05) is 5.32 Å². The van der Waals surface area contributed by atoms with Crippen LogP contribution in [-0.4, -0.2) is 16.7 Å². The maximum absolute atomic E-state index is 12.9. The molecule has 0 saturated heterocycles. The molecule has 1 unspecified atom stereocenters. The average molecular weight is 297 g/mol. The summed E-state index contributed by atoms with van der Waals surface area (Å²) in [5, 5.41) is 11.7. The predicted molar refractivity (Wildman–Crippen MR) is 77.6 cm³/mol. The van der Waals surface area contributed by atoms with Gasteiger partial charge in [-0.2, -0.15) is 5.26 Å². The van der Waals surface area contributed by atoms with Gasteiger partial charge in [-0.3, -0.25) is 9.59 Å². The van der Waals surface area contributed by atoms with Crippen LogP contribution in [0.15, 0.2) is 42.6 Å². The number of nitrogens with zero attached hydrogens (tertiary/aromatic N) is 2. The summed E-state index contributed by atoms with van der Waals surface area (Å²) in [5.41, 5.74) is 0.654. The monoisotopic (exact) mass is 297 g/mol. The second-order valence-electron chi connectivity index (χ2n) is 4.59. The van der Waals surface area contributed by atoms with Crippen molar-refractivity contribution in [2.45, 2.75) is 12.8 Å². The Balaban J connectivity index is 2.31. The molecule has 0 aliphatic rings. The SMILES string of the molecule is CC(=O)Nc1cc(C(=O)C(C#N)c2ccc(F)cc2)ccn1. The van der Waals surface area contributed by atoms with Crippen molar-refractivity contribution < 1.29 is 14.0 Å². The number of rotatable bonds is 4. The Morgan fingerprint density at radius 1 is 1.27 bits per heavy atom. The lowest BCUT2D eigenvalue weighted by Crippen LogP contribution is -2.13. The number of Topliss-reactive ketones (excluding diaryl/α,β-unsaturated/α-hetero) is 1. The molecule has 22 heavy (non-hydrogen) atoms. The first kappa shape index (κ1) is 15.3. The quantitative estimate of drug-likeness (QED) is 0.879. The summed E-state index contributed by atoms with van der Waals surface area (Å²) < 4.78 is 12.9. The number of nitriles is 1. The number of amides is 1. The molecule has 1 amide bonds. The molecule has 1 atom stereocenters. The number of hydrogen-bond donors (Lipinski definition) is 1. The maximum Gasteiger partial charge on any atom is 0.222 e. The van der Waals surface area contributed by atoms with E-state index < -0.39 is 17.5 Å². The number of carbonyl (C=O) groups is 2. The van der Waals surface area contributed by atoms with Crippen molar-refractivity contribution in [3.63, 3.8) is 0 Å². The van der Waals surface area contributed by atoms with E-state index in [9.17, 15) is 19.2 Å². The van der Waals surface area contributed by atoms with Crippen molar-refractivity contribution >= 4 is 17.5 Å². The average Bonchev–Trinajstić information content (AvgIpc) is 2.49. The van der Waals surface area contributed by atoms with E-state index in [1.54, 1.807) is 0 Å². The lowest BCUT2D eigenvalue weighted by molar-refractivity contribution is -0.114. The standard InChI is InChI=1S/C16H12FN3O2/c1-10(21)20-15-8-12(6-7-19-15)16(22)14(9-18)11-2-4-13(17)5-3-11/h2-8,14H,1H3,(H,19,20,21). The predicted octanol–water partition coefficient (Wildman–Crippen LogP) is 2.67. The summed E-state index contributed by atoms with van der Waals surface area (Å²) in [7, 11) is 0. The Labute approximate surface area is 126 Å². The Bertz CT molecular complexity index is 751. The van der Waals surface area contributed by atoms with Gasteiger partial charge >= 0.3 is 0 Å². The van der Waals surface area contributed by atoms with E-state index in [1.807, 2.05) is 6.07 Å². The number of halogens is 1. The lowest BCUT2D eigenvalue weighted by atomic mass is 9.92. The lowest BCUT2D eigenvalue weighted by Gasteiger charge is -2.09. The Morgan fingerprint density at radius 2 is 1.95 bits per heavy atom. The third-order valence-corrected chi connectivity index (χ3v) is 2.94.